The van der Waals surface area contributed by atoms with E-state index in [1.165, 1.54) is 7.11 Å². The highest BCUT2D eigenvalue weighted by atomic mass is 16.5. The van der Waals surface area contributed by atoms with Gasteiger partial charge >= 0.3 is 11.9 Å². The first-order valence-electron chi connectivity index (χ1n) is 5.85. The van der Waals surface area contributed by atoms with Crippen molar-refractivity contribution in [3.63, 3.8) is 0 Å². The van der Waals surface area contributed by atoms with Gasteiger partial charge in [0.15, 0.2) is 0 Å². The van der Waals surface area contributed by atoms with Gasteiger partial charge in [-0.15, -0.1) is 0 Å². The molecule has 18 heavy (non-hydrogen) atoms. The van der Waals surface area contributed by atoms with E-state index >= 15 is 0 Å². The smallest absolute Gasteiger partial charge is 0.323 e. The maximum atomic E-state index is 11.7. The number of carbonyl (C=O) groups excluding carboxylic acids is 2. The van der Waals surface area contributed by atoms with Crippen LogP contribution in [0.3, 0.4) is 0 Å². The largest absolute Gasteiger partial charge is 0.468 e. The Hall–Kier alpha value is -1.83. The second-order valence-corrected chi connectivity index (χ2v) is 3.69. The van der Waals surface area contributed by atoms with Crippen LogP contribution in [0.15, 0.2) is 12.2 Å². The Bertz CT molecular complexity index is 343. The first-order valence-corrected chi connectivity index (χ1v) is 5.85. The number of hydrogen-bond donors (Lipinski definition) is 0. The molecule has 0 N–H and O–H groups in total. The number of ether oxygens (including phenoxy) is 2. The lowest BCUT2D eigenvalue weighted by Gasteiger charge is -2.15. The quantitative estimate of drug-likeness (QED) is 0.511. The molecule has 2 unspecified atom stereocenters. The molecule has 0 radical (unpaired) electrons. The number of allylic oxidation sites excluding steroid dienone is 2. The van der Waals surface area contributed by atoms with Gasteiger partial charge in [-0.2, -0.15) is 5.26 Å². The summed E-state index contributed by atoms with van der Waals surface area (Å²) in [5.74, 6) is -2.44. The zero-order valence-corrected chi connectivity index (χ0v) is 11.0. The normalized spacial score (nSPS) is 13.7. The van der Waals surface area contributed by atoms with Crippen LogP contribution in [0.4, 0.5) is 0 Å². The van der Waals surface area contributed by atoms with Crippen molar-refractivity contribution >= 4 is 11.9 Å². The van der Waals surface area contributed by atoms with Gasteiger partial charge in [-0.05, 0) is 26.7 Å². The maximum absolute atomic E-state index is 11.7. The van der Waals surface area contributed by atoms with E-state index in [2.05, 4.69) is 4.74 Å². The predicted molar refractivity (Wildman–Crippen MR) is 65.3 cm³/mol. The zero-order valence-electron chi connectivity index (χ0n) is 11.0. The lowest BCUT2D eigenvalue weighted by atomic mass is 9.92. The average molecular weight is 253 g/mol. The van der Waals surface area contributed by atoms with Crippen molar-refractivity contribution in [3.05, 3.63) is 12.2 Å². The van der Waals surface area contributed by atoms with Gasteiger partial charge in [-0.25, -0.2) is 0 Å². The number of carbonyl (C=O) groups is 2. The zero-order chi connectivity index (χ0) is 14.0. The van der Waals surface area contributed by atoms with Gasteiger partial charge in [0.25, 0.3) is 0 Å². The van der Waals surface area contributed by atoms with Gasteiger partial charge in [0.2, 0.25) is 0 Å². The van der Waals surface area contributed by atoms with E-state index in [0.717, 1.165) is 0 Å². The predicted octanol–water partition coefficient (Wildman–Crippen LogP) is 1.83. The van der Waals surface area contributed by atoms with Gasteiger partial charge in [0.05, 0.1) is 25.7 Å². The van der Waals surface area contributed by atoms with Crippen LogP contribution in [0.5, 0.6) is 0 Å². The Morgan fingerprint density at radius 3 is 2.50 bits per heavy atom. The minimum atomic E-state index is -0.935. The molecule has 0 rings (SSSR count). The van der Waals surface area contributed by atoms with Crippen LogP contribution in [0.25, 0.3) is 0 Å². The fourth-order valence-corrected chi connectivity index (χ4v) is 1.48. The summed E-state index contributed by atoms with van der Waals surface area (Å²) in [6.07, 6.45) is 4.19. The van der Waals surface area contributed by atoms with E-state index in [4.69, 9.17) is 10.00 Å². The lowest BCUT2D eigenvalue weighted by Crippen LogP contribution is -2.24. The highest BCUT2D eigenvalue weighted by Gasteiger charge is 2.28. The topological polar surface area (TPSA) is 76.4 Å². The summed E-state index contributed by atoms with van der Waals surface area (Å²) in [4.78, 5) is 23.0. The number of nitrogens with zero attached hydrogens (tertiary/aromatic N) is 1. The molecule has 5 nitrogen and oxygen atoms in total. The van der Waals surface area contributed by atoms with Crippen LogP contribution in [-0.2, 0) is 19.1 Å². The van der Waals surface area contributed by atoms with Crippen molar-refractivity contribution in [2.75, 3.05) is 13.7 Å². The monoisotopic (exact) mass is 253 g/mol. The molecule has 0 saturated heterocycles. The molecule has 0 aromatic rings. The molecule has 0 aliphatic heterocycles. The van der Waals surface area contributed by atoms with Crippen molar-refractivity contribution in [3.8, 4) is 6.07 Å². The average Bonchev–Trinajstić information content (AvgIpc) is 2.38. The van der Waals surface area contributed by atoms with E-state index in [1.807, 2.05) is 25.1 Å². The summed E-state index contributed by atoms with van der Waals surface area (Å²) >= 11 is 0. The second-order valence-electron chi connectivity index (χ2n) is 3.69. The molecule has 0 heterocycles. The molecule has 0 fully saturated rings. The number of hydrogen-bond acceptors (Lipinski definition) is 5. The molecule has 0 aromatic heterocycles. The van der Waals surface area contributed by atoms with E-state index in [-0.39, 0.29) is 19.0 Å². The molecule has 0 saturated carbocycles. The Morgan fingerprint density at radius 2 is 2.06 bits per heavy atom. The molecule has 0 aliphatic rings. The fourth-order valence-electron chi connectivity index (χ4n) is 1.48. The standard InChI is InChI=1S/C13H19NO4/c1-4-6-7-10(13(16)18-5-2)8-11(9-14)12(15)17-3/h4,6,10-11H,5,7-8H2,1-3H3/b6-4+. The third kappa shape index (κ3) is 5.48. The molecule has 5 heteroatoms. The Kier molecular flexibility index (Phi) is 8.29. The van der Waals surface area contributed by atoms with Crippen molar-refractivity contribution in [2.45, 2.75) is 26.7 Å². The lowest BCUT2D eigenvalue weighted by molar-refractivity contribution is -0.150. The Balaban J connectivity index is 4.70. The Morgan fingerprint density at radius 1 is 1.39 bits per heavy atom. The van der Waals surface area contributed by atoms with Crippen LogP contribution in [-0.4, -0.2) is 25.7 Å². The molecule has 0 aliphatic carbocycles. The van der Waals surface area contributed by atoms with Crippen molar-refractivity contribution in [2.24, 2.45) is 11.8 Å². The second kappa shape index (κ2) is 9.23. The van der Waals surface area contributed by atoms with Gasteiger partial charge < -0.3 is 9.47 Å². The maximum Gasteiger partial charge on any atom is 0.323 e. The molecule has 100 valence electrons. The van der Waals surface area contributed by atoms with Crippen molar-refractivity contribution < 1.29 is 19.1 Å². The van der Waals surface area contributed by atoms with E-state index < -0.39 is 17.8 Å². The molecule has 0 bridgehead atoms. The third-order valence-electron chi connectivity index (χ3n) is 2.44. The molecular weight excluding hydrogens is 234 g/mol. The molecule has 0 amide bonds. The summed E-state index contributed by atoms with van der Waals surface area (Å²) in [5.41, 5.74) is 0. The fraction of sp³-hybridized carbons (Fsp3) is 0.615. The highest BCUT2D eigenvalue weighted by Crippen LogP contribution is 2.19. The van der Waals surface area contributed by atoms with E-state index in [0.29, 0.717) is 6.42 Å². The molecular formula is C13H19NO4. The summed E-state index contributed by atoms with van der Waals surface area (Å²) in [7, 11) is 1.22. The van der Waals surface area contributed by atoms with Crippen molar-refractivity contribution in [1.29, 1.82) is 5.26 Å². The number of nitriles is 1. The summed E-state index contributed by atoms with van der Waals surface area (Å²) in [6, 6.07) is 1.85. The number of esters is 2. The van der Waals surface area contributed by atoms with Gasteiger partial charge in [0.1, 0.15) is 5.92 Å². The van der Waals surface area contributed by atoms with E-state index in [1.54, 1.807) is 6.92 Å². The SMILES string of the molecule is C/C=C/CC(CC(C#N)C(=O)OC)C(=O)OCC. The van der Waals surface area contributed by atoms with Crippen LogP contribution >= 0.6 is 0 Å². The summed E-state index contributed by atoms with van der Waals surface area (Å²) in [5, 5.41) is 8.89. The minimum Gasteiger partial charge on any atom is -0.468 e. The molecule has 0 spiro atoms. The van der Waals surface area contributed by atoms with E-state index in [9.17, 15) is 9.59 Å². The van der Waals surface area contributed by atoms with Crippen LogP contribution in [0, 0.1) is 23.2 Å². The molecule has 2 atom stereocenters. The van der Waals surface area contributed by atoms with Crippen LogP contribution in [0.1, 0.15) is 26.7 Å². The summed E-state index contributed by atoms with van der Waals surface area (Å²) < 4.78 is 9.44. The Labute approximate surface area is 107 Å². The highest BCUT2D eigenvalue weighted by molar-refractivity contribution is 5.77. The van der Waals surface area contributed by atoms with Gasteiger partial charge in [-0.1, -0.05) is 12.2 Å². The first-order chi connectivity index (χ1) is 8.60. The van der Waals surface area contributed by atoms with Crippen LogP contribution in [0.2, 0.25) is 0 Å². The van der Waals surface area contributed by atoms with Crippen LogP contribution < -0.4 is 0 Å². The number of rotatable bonds is 7. The number of methoxy groups -OCH3 is 1. The third-order valence-corrected chi connectivity index (χ3v) is 2.44. The van der Waals surface area contributed by atoms with Gasteiger partial charge in [-0.3, -0.25) is 9.59 Å². The first kappa shape index (κ1) is 16.2. The van der Waals surface area contributed by atoms with Gasteiger partial charge in [0, 0.05) is 0 Å². The molecule has 0 aromatic carbocycles. The van der Waals surface area contributed by atoms with Crippen molar-refractivity contribution in [1.82, 2.24) is 0 Å². The minimum absolute atomic E-state index is 0.117. The summed E-state index contributed by atoms with van der Waals surface area (Å²) in [6.45, 7) is 3.83.